The van der Waals surface area contributed by atoms with Crippen LogP contribution >= 0.6 is 0 Å². The van der Waals surface area contributed by atoms with Crippen LogP contribution in [0, 0.1) is 12.8 Å². The van der Waals surface area contributed by atoms with Crippen molar-refractivity contribution in [2.45, 2.75) is 31.6 Å². The highest BCUT2D eigenvalue weighted by Gasteiger charge is 2.26. The number of benzene rings is 2. The Hall–Kier alpha value is -3.07. The number of hydrogen-bond acceptors (Lipinski definition) is 6. The molecule has 1 N–H and O–H groups in total. The summed E-state index contributed by atoms with van der Waals surface area (Å²) in [6, 6.07) is 8.88. The summed E-state index contributed by atoms with van der Waals surface area (Å²) in [7, 11) is -1.33. The normalized spacial score (nSPS) is 14.7. The van der Waals surface area contributed by atoms with Crippen LogP contribution in [0.3, 0.4) is 0 Å². The van der Waals surface area contributed by atoms with Crippen LogP contribution in [0.4, 0.5) is 5.69 Å². The third-order valence-electron chi connectivity index (χ3n) is 5.77. The maximum Gasteiger partial charge on any atom is 0.338 e. The molecule has 1 heterocycles. The Balaban J connectivity index is 1.93. The van der Waals surface area contributed by atoms with E-state index in [-0.39, 0.29) is 27.6 Å². The summed E-state index contributed by atoms with van der Waals surface area (Å²) >= 11 is 0. The summed E-state index contributed by atoms with van der Waals surface area (Å²) < 4.78 is 38.8. The monoisotopic (exact) mass is 460 g/mol. The molecule has 2 aromatic rings. The summed E-state index contributed by atoms with van der Waals surface area (Å²) in [6.07, 6.45) is 1.81. The van der Waals surface area contributed by atoms with Gasteiger partial charge in [0.25, 0.3) is 15.9 Å². The lowest BCUT2D eigenvalue weighted by molar-refractivity contribution is 0.0599. The molecule has 9 heteroatoms. The second kappa shape index (κ2) is 9.60. The number of nitrogens with one attached hydrogen (secondary N) is 1. The second-order valence-corrected chi connectivity index (χ2v) is 9.59. The maximum atomic E-state index is 13.1. The first kappa shape index (κ1) is 23.6. The number of sulfonamides is 1. The van der Waals surface area contributed by atoms with Crippen molar-refractivity contribution in [1.82, 2.24) is 4.90 Å². The number of nitrogens with zero attached hydrogens (tertiary/aromatic N) is 1. The average Bonchev–Trinajstić information content (AvgIpc) is 2.79. The van der Waals surface area contributed by atoms with Gasteiger partial charge in [-0.05, 0) is 61.6 Å². The molecule has 0 spiro atoms. The number of ether oxygens (including phenoxy) is 2. The third-order valence-corrected chi connectivity index (χ3v) is 7.13. The predicted molar refractivity (Wildman–Crippen MR) is 121 cm³/mol. The van der Waals surface area contributed by atoms with Gasteiger partial charge in [0.1, 0.15) is 5.75 Å². The highest BCUT2D eigenvalue weighted by atomic mass is 32.2. The first-order chi connectivity index (χ1) is 15.2. The minimum Gasteiger partial charge on any atom is -0.496 e. The molecule has 1 aliphatic heterocycles. The van der Waals surface area contributed by atoms with Crippen LogP contribution in [-0.2, 0) is 14.8 Å². The van der Waals surface area contributed by atoms with Crippen molar-refractivity contribution in [1.29, 1.82) is 0 Å². The minimum absolute atomic E-state index is 0.0742. The molecule has 2 aromatic carbocycles. The van der Waals surface area contributed by atoms with Crippen LogP contribution in [0.5, 0.6) is 5.75 Å². The molecule has 1 amide bonds. The van der Waals surface area contributed by atoms with Gasteiger partial charge in [0.05, 0.1) is 35.9 Å². The van der Waals surface area contributed by atoms with E-state index in [1.54, 1.807) is 30.0 Å². The fourth-order valence-electron chi connectivity index (χ4n) is 3.68. The van der Waals surface area contributed by atoms with Crippen molar-refractivity contribution in [2.75, 3.05) is 32.0 Å². The lowest BCUT2D eigenvalue weighted by atomic mass is 9.98. The Labute approximate surface area is 188 Å². The summed E-state index contributed by atoms with van der Waals surface area (Å²) in [5.41, 5.74) is 1.15. The number of likely N-dealkylation sites (tertiary alicyclic amines) is 1. The molecule has 1 fully saturated rings. The van der Waals surface area contributed by atoms with E-state index >= 15 is 0 Å². The van der Waals surface area contributed by atoms with Crippen molar-refractivity contribution in [2.24, 2.45) is 5.92 Å². The summed E-state index contributed by atoms with van der Waals surface area (Å²) in [4.78, 5) is 26.7. The molecule has 0 saturated carbocycles. The number of carbonyl (C=O) groups excluding carboxylic acids is 2. The summed E-state index contributed by atoms with van der Waals surface area (Å²) in [6.45, 7) is 5.03. The van der Waals surface area contributed by atoms with Crippen molar-refractivity contribution in [3.8, 4) is 5.75 Å². The van der Waals surface area contributed by atoms with E-state index in [0.717, 1.165) is 12.8 Å². The van der Waals surface area contributed by atoms with Crippen LogP contribution in [0.1, 0.15) is 46.0 Å². The highest BCUT2D eigenvalue weighted by Crippen LogP contribution is 2.28. The molecule has 1 aliphatic rings. The number of amides is 1. The molecule has 0 unspecified atom stereocenters. The predicted octanol–water partition coefficient (Wildman–Crippen LogP) is 3.46. The average molecular weight is 461 g/mol. The molecule has 3 rings (SSSR count). The van der Waals surface area contributed by atoms with Gasteiger partial charge in [-0.1, -0.05) is 13.0 Å². The van der Waals surface area contributed by atoms with E-state index in [9.17, 15) is 18.0 Å². The Morgan fingerprint density at radius 2 is 1.75 bits per heavy atom. The Bertz CT molecular complexity index is 1120. The fourth-order valence-corrected chi connectivity index (χ4v) is 4.83. The largest absolute Gasteiger partial charge is 0.496 e. The Kier molecular flexibility index (Phi) is 7.08. The van der Waals surface area contributed by atoms with E-state index in [1.807, 2.05) is 0 Å². The van der Waals surface area contributed by atoms with Crippen molar-refractivity contribution < 1.29 is 27.5 Å². The molecule has 32 heavy (non-hydrogen) atoms. The van der Waals surface area contributed by atoms with Crippen LogP contribution in [0.15, 0.2) is 41.3 Å². The molecule has 1 saturated heterocycles. The zero-order chi connectivity index (χ0) is 23.5. The molecule has 0 aromatic heterocycles. The lowest BCUT2D eigenvalue weighted by Gasteiger charge is -2.30. The van der Waals surface area contributed by atoms with E-state index in [1.165, 1.54) is 32.4 Å². The lowest BCUT2D eigenvalue weighted by Crippen LogP contribution is -2.38. The highest BCUT2D eigenvalue weighted by molar-refractivity contribution is 7.92. The number of rotatable bonds is 6. The molecule has 0 atom stereocenters. The standard InChI is InChI=1S/C23H28N2O6S/c1-15-10-12-25(13-11-15)22(26)19-14-17(8-9-21(19)30-3)32(28,29)24-20-7-5-6-18(16(20)2)23(27)31-4/h5-9,14-15,24H,10-13H2,1-4H3. The SMILES string of the molecule is COC(=O)c1cccc(NS(=O)(=O)c2ccc(OC)c(C(=O)N3CCC(C)CC3)c2)c1C. The van der Waals surface area contributed by atoms with Gasteiger partial charge in [-0.15, -0.1) is 0 Å². The maximum absolute atomic E-state index is 13.1. The third kappa shape index (κ3) is 4.88. The van der Waals surface area contributed by atoms with Gasteiger partial charge in [-0.3, -0.25) is 9.52 Å². The second-order valence-electron chi connectivity index (χ2n) is 7.91. The van der Waals surface area contributed by atoms with Crippen LogP contribution in [0.25, 0.3) is 0 Å². The molecule has 0 aliphatic carbocycles. The van der Waals surface area contributed by atoms with E-state index < -0.39 is 16.0 Å². The van der Waals surface area contributed by atoms with Crippen LogP contribution in [-0.4, -0.2) is 52.5 Å². The topological polar surface area (TPSA) is 102 Å². The number of hydrogen-bond donors (Lipinski definition) is 1. The van der Waals surface area contributed by atoms with Crippen molar-refractivity contribution in [3.05, 3.63) is 53.1 Å². The number of esters is 1. The zero-order valence-electron chi connectivity index (χ0n) is 18.7. The molecular formula is C23H28N2O6S. The Morgan fingerprint density at radius 1 is 1.06 bits per heavy atom. The van der Waals surface area contributed by atoms with E-state index in [2.05, 4.69) is 11.6 Å². The number of carbonyl (C=O) groups is 2. The molecule has 0 radical (unpaired) electrons. The van der Waals surface area contributed by atoms with Gasteiger partial charge in [-0.2, -0.15) is 0 Å². The Morgan fingerprint density at radius 3 is 2.38 bits per heavy atom. The van der Waals surface area contributed by atoms with Gasteiger partial charge >= 0.3 is 5.97 Å². The van der Waals surface area contributed by atoms with E-state index in [0.29, 0.717) is 30.3 Å². The first-order valence-corrected chi connectivity index (χ1v) is 11.8. The summed E-state index contributed by atoms with van der Waals surface area (Å²) in [5, 5.41) is 0. The fraction of sp³-hybridized carbons (Fsp3) is 0.391. The van der Waals surface area contributed by atoms with Crippen molar-refractivity contribution in [3.63, 3.8) is 0 Å². The van der Waals surface area contributed by atoms with Gasteiger partial charge in [0.2, 0.25) is 0 Å². The zero-order valence-corrected chi connectivity index (χ0v) is 19.5. The van der Waals surface area contributed by atoms with Gasteiger partial charge in [0, 0.05) is 13.1 Å². The molecule has 0 bridgehead atoms. The van der Waals surface area contributed by atoms with Crippen LogP contribution < -0.4 is 9.46 Å². The van der Waals surface area contributed by atoms with E-state index in [4.69, 9.17) is 9.47 Å². The van der Waals surface area contributed by atoms with Crippen LogP contribution in [0.2, 0.25) is 0 Å². The van der Waals surface area contributed by atoms with Gasteiger partial charge in [-0.25, -0.2) is 13.2 Å². The van der Waals surface area contributed by atoms with Crippen molar-refractivity contribution >= 4 is 27.6 Å². The van der Waals surface area contributed by atoms with Gasteiger partial charge in [0.15, 0.2) is 0 Å². The van der Waals surface area contributed by atoms with Gasteiger partial charge < -0.3 is 14.4 Å². The summed E-state index contributed by atoms with van der Waals surface area (Å²) in [5.74, 6) is 0.0590. The number of piperidine rings is 1. The quantitative estimate of drug-likeness (QED) is 0.663. The molecule has 172 valence electrons. The molecular weight excluding hydrogens is 432 g/mol. The first-order valence-electron chi connectivity index (χ1n) is 10.4. The molecule has 8 nitrogen and oxygen atoms in total. The number of methoxy groups -OCH3 is 2. The smallest absolute Gasteiger partial charge is 0.338 e. The minimum atomic E-state index is -4.03. The number of anilines is 1.